The van der Waals surface area contributed by atoms with E-state index in [1.54, 1.807) is 0 Å². The number of phosphoric acid groups is 1. The zero-order valence-electron chi connectivity index (χ0n) is 5.62. The van der Waals surface area contributed by atoms with Crippen LogP contribution in [0.25, 0.3) is 0 Å². The van der Waals surface area contributed by atoms with Crippen molar-refractivity contribution >= 4 is 7.82 Å². The summed E-state index contributed by atoms with van der Waals surface area (Å²) in [6.07, 6.45) is 0. The Kier molecular flexibility index (Phi) is 8.30. The Morgan fingerprint density at radius 3 is 1.75 bits per heavy atom. The molecule has 0 aromatic carbocycles. The standard InChI is InChI=1S/F2HN4O4P.Li/c1-3-5-9-11(7,8)10-6-4-2;/h(H,7,8);/q;+1/p-1. The number of rotatable bonds is 4. The van der Waals surface area contributed by atoms with E-state index in [2.05, 4.69) is 9.25 Å². The molecule has 0 radical (unpaired) electrons. The maximum atomic E-state index is 10.7. The van der Waals surface area contributed by atoms with E-state index in [-0.39, 0.29) is 18.9 Å². The Balaban J connectivity index is 0. The molecule has 0 aliphatic carbocycles. The number of hydrogen-bond acceptors (Lipinski definition) is 8. The summed E-state index contributed by atoms with van der Waals surface area (Å²) in [7, 11) is -4.98. The van der Waals surface area contributed by atoms with Crippen molar-refractivity contribution in [1.29, 1.82) is 0 Å². The van der Waals surface area contributed by atoms with E-state index in [1.165, 1.54) is 10.7 Å². The zero-order valence-corrected chi connectivity index (χ0v) is 6.52. The molecule has 64 valence electrons. The second kappa shape index (κ2) is 7.12. The van der Waals surface area contributed by atoms with E-state index in [0.29, 0.717) is 0 Å². The van der Waals surface area contributed by atoms with Crippen LogP contribution >= 0.6 is 7.82 Å². The van der Waals surface area contributed by atoms with Gasteiger partial charge in [0.25, 0.3) is 0 Å². The van der Waals surface area contributed by atoms with E-state index in [0.717, 1.165) is 0 Å². The molecule has 0 fully saturated rings. The minimum atomic E-state index is -4.98. The van der Waals surface area contributed by atoms with Crippen molar-refractivity contribution in [3.05, 3.63) is 0 Å². The van der Waals surface area contributed by atoms with Crippen molar-refractivity contribution in [2.75, 3.05) is 0 Å². The predicted molar refractivity (Wildman–Crippen MR) is 21.7 cm³/mol. The average molecular weight is 196 g/mol. The third-order valence-corrected chi connectivity index (χ3v) is 0.881. The summed E-state index contributed by atoms with van der Waals surface area (Å²) in [5.74, 6) is 0. The van der Waals surface area contributed by atoms with Gasteiger partial charge in [0.1, 0.15) is 0 Å². The predicted octanol–water partition coefficient (Wildman–Crippen LogP) is -2.00. The van der Waals surface area contributed by atoms with Gasteiger partial charge in [0.15, 0.2) is 0 Å². The normalized spacial score (nSPS) is 15.6. The van der Waals surface area contributed by atoms with E-state index in [9.17, 15) is 18.4 Å². The molecule has 0 aromatic rings. The molecular formula is F2LiN4O4P. The summed E-state index contributed by atoms with van der Waals surface area (Å²) in [5, 5.41) is 6.69. The molecule has 0 spiro atoms. The maximum absolute atomic E-state index is 10.7. The second-order valence-corrected chi connectivity index (χ2v) is 2.15. The van der Waals surface area contributed by atoms with Crippen molar-refractivity contribution in [3.63, 3.8) is 0 Å². The molecule has 0 bridgehead atoms. The first-order valence-corrected chi connectivity index (χ1v) is 3.29. The van der Waals surface area contributed by atoms with Gasteiger partial charge in [-0.05, 0) is 0 Å². The summed E-state index contributed by atoms with van der Waals surface area (Å²) < 4.78 is 38.0. The van der Waals surface area contributed by atoms with Crippen LogP contribution in [0.15, 0.2) is 21.2 Å². The Morgan fingerprint density at radius 1 is 1.17 bits per heavy atom. The summed E-state index contributed by atoms with van der Waals surface area (Å²) in [6.45, 7) is 0. The number of halogens is 2. The van der Waals surface area contributed by atoms with Crippen LogP contribution in [0.1, 0.15) is 0 Å². The van der Waals surface area contributed by atoms with Crippen LogP contribution in [0.3, 0.4) is 0 Å². The van der Waals surface area contributed by atoms with Gasteiger partial charge in [0.2, 0.25) is 0 Å². The first-order valence-electron chi connectivity index (χ1n) is 1.83. The summed E-state index contributed by atoms with van der Waals surface area (Å²) in [6, 6.07) is 0. The smallest absolute Gasteiger partial charge is 0.733 e. The SMILES string of the molecule is O=P([O-])(ON=NF)ON=NF.[Li+]. The first kappa shape index (κ1) is 14.0. The van der Waals surface area contributed by atoms with E-state index in [4.69, 9.17) is 0 Å². The zero-order chi connectivity index (χ0) is 8.74. The summed E-state index contributed by atoms with van der Waals surface area (Å²) >= 11 is 0. The van der Waals surface area contributed by atoms with Crippen LogP contribution in [0.4, 0.5) is 8.96 Å². The van der Waals surface area contributed by atoms with Gasteiger partial charge in [-0.1, -0.05) is 8.96 Å². The molecule has 12 heteroatoms. The molecule has 8 nitrogen and oxygen atoms in total. The van der Waals surface area contributed by atoms with Gasteiger partial charge in [-0.2, -0.15) is 0 Å². The van der Waals surface area contributed by atoms with Gasteiger partial charge >= 0.3 is 26.7 Å². The fourth-order valence-electron chi connectivity index (χ4n) is 0.132. The van der Waals surface area contributed by atoms with Gasteiger partial charge in [-0.25, -0.2) is 4.57 Å². The van der Waals surface area contributed by atoms with Crippen molar-refractivity contribution in [2.24, 2.45) is 21.2 Å². The second-order valence-electron chi connectivity index (χ2n) is 0.925. The van der Waals surface area contributed by atoms with Crippen LogP contribution in [0.2, 0.25) is 0 Å². The minimum absolute atomic E-state index is 0. The topological polar surface area (TPSA) is 108 Å². The maximum Gasteiger partial charge on any atom is 1.00 e. The number of hydrogen-bond donors (Lipinski definition) is 0. The van der Waals surface area contributed by atoms with Crippen LogP contribution in [0, 0.1) is 0 Å². The number of nitrogens with zero attached hydrogens (tertiary/aromatic N) is 4. The van der Waals surface area contributed by atoms with Crippen LogP contribution in [0.5, 0.6) is 0 Å². The molecule has 0 aromatic heterocycles. The van der Waals surface area contributed by atoms with Gasteiger partial charge in [-0.3, -0.25) is 9.25 Å². The Hall–Kier alpha value is -0.553. The molecule has 0 rings (SSSR count). The molecule has 0 saturated heterocycles. The fraction of sp³-hybridized carbons (Fsp3) is 0. The Morgan fingerprint density at radius 2 is 1.50 bits per heavy atom. The quantitative estimate of drug-likeness (QED) is 0.224. The van der Waals surface area contributed by atoms with Crippen LogP contribution in [-0.4, -0.2) is 0 Å². The van der Waals surface area contributed by atoms with Crippen molar-refractivity contribution in [3.8, 4) is 0 Å². The molecule has 0 aliphatic rings. The minimum Gasteiger partial charge on any atom is -0.733 e. The van der Waals surface area contributed by atoms with Gasteiger partial charge in [-0.15, -0.1) is 0 Å². The summed E-state index contributed by atoms with van der Waals surface area (Å²) in [4.78, 5) is 10.1. The van der Waals surface area contributed by atoms with Crippen molar-refractivity contribution in [1.82, 2.24) is 0 Å². The van der Waals surface area contributed by atoms with Crippen LogP contribution in [-0.2, 0) is 13.8 Å². The summed E-state index contributed by atoms with van der Waals surface area (Å²) in [5.41, 5.74) is 0. The van der Waals surface area contributed by atoms with Crippen molar-refractivity contribution in [2.45, 2.75) is 0 Å². The molecule has 12 heavy (non-hydrogen) atoms. The van der Waals surface area contributed by atoms with E-state index >= 15 is 0 Å². The molecule has 0 N–H and O–H groups in total. The van der Waals surface area contributed by atoms with Crippen molar-refractivity contribution < 1.29 is 46.5 Å². The largest absolute Gasteiger partial charge is 1.00 e. The molecule has 0 aliphatic heterocycles. The molecule has 0 unspecified atom stereocenters. The molecule has 0 atom stereocenters. The Bertz CT molecular complexity index is 189. The van der Waals surface area contributed by atoms with E-state index in [1.807, 2.05) is 10.6 Å². The van der Waals surface area contributed by atoms with Gasteiger partial charge in [0, 0.05) is 0 Å². The average Bonchev–Trinajstić information content (AvgIpc) is 1.97. The first-order chi connectivity index (χ1) is 5.12. The van der Waals surface area contributed by atoms with Gasteiger partial charge in [0.05, 0.1) is 21.2 Å². The van der Waals surface area contributed by atoms with Crippen LogP contribution < -0.4 is 23.8 Å². The molecule has 0 heterocycles. The van der Waals surface area contributed by atoms with E-state index < -0.39 is 7.82 Å². The monoisotopic (exact) mass is 196 g/mol. The van der Waals surface area contributed by atoms with Gasteiger partial charge < -0.3 is 4.89 Å². The third-order valence-electron chi connectivity index (χ3n) is 0.335. The molecule has 0 amide bonds. The molecular weight excluding hydrogens is 196 g/mol. The Labute approximate surface area is 76.2 Å². The third kappa shape index (κ3) is 7.55. The fourth-order valence-corrected chi connectivity index (χ4v) is 0.396. The molecule has 0 saturated carbocycles.